The van der Waals surface area contributed by atoms with Gasteiger partial charge in [0.25, 0.3) is 0 Å². The van der Waals surface area contributed by atoms with E-state index in [4.69, 9.17) is 5.11 Å². The average Bonchev–Trinajstić information content (AvgIpc) is 2.50. The molecule has 1 saturated heterocycles. The number of rotatable bonds is 8. The molecule has 1 aliphatic rings. The molecule has 0 bridgehead atoms. The van der Waals surface area contributed by atoms with Crippen LogP contribution in [0.4, 0.5) is 0 Å². The van der Waals surface area contributed by atoms with Crippen molar-refractivity contribution in [1.29, 1.82) is 0 Å². The van der Waals surface area contributed by atoms with Crippen molar-refractivity contribution in [3.05, 3.63) is 35.9 Å². The molecule has 1 aromatic rings. The fourth-order valence-electron chi connectivity index (χ4n) is 2.86. The van der Waals surface area contributed by atoms with Crippen LogP contribution in [0.1, 0.15) is 37.7 Å². The number of nitrogens with one attached hydrogen (secondary N) is 1. The molecule has 0 unspecified atom stereocenters. The number of hydrogen-bond donors (Lipinski definition) is 2. The Labute approximate surface area is 123 Å². The van der Waals surface area contributed by atoms with Crippen molar-refractivity contribution >= 4 is 0 Å². The van der Waals surface area contributed by atoms with Gasteiger partial charge in [0.1, 0.15) is 0 Å². The van der Waals surface area contributed by atoms with Gasteiger partial charge < -0.3 is 10.4 Å². The lowest BCUT2D eigenvalue weighted by Gasteiger charge is -2.32. The average molecular weight is 276 g/mol. The van der Waals surface area contributed by atoms with Crippen LogP contribution in [0, 0.1) is 0 Å². The van der Waals surface area contributed by atoms with Gasteiger partial charge in [0.15, 0.2) is 0 Å². The normalized spacial score (nSPS) is 17.4. The van der Waals surface area contributed by atoms with Crippen molar-refractivity contribution in [2.24, 2.45) is 0 Å². The summed E-state index contributed by atoms with van der Waals surface area (Å²) in [6.45, 7) is 4.91. The molecule has 3 heteroatoms. The minimum atomic E-state index is 0.331. The number of likely N-dealkylation sites (tertiary alicyclic amines) is 1. The van der Waals surface area contributed by atoms with E-state index >= 15 is 0 Å². The summed E-state index contributed by atoms with van der Waals surface area (Å²) < 4.78 is 0. The lowest BCUT2D eigenvalue weighted by molar-refractivity contribution is 0.190. The molecule has 0 radical (unpaired) electrons. The molecule has 0 spiro atoms. The van der Waals surface area contributed by atoms with Crippen LogP contribution in [0.3, 0.4) is 0 Å². The van der Waals surface area contributed by atoms with Crippen LogP contribution in [0.25, 0.3) is 0 Å². The molecule has 0 atom stereocenters. The summed E-state index contributed by atoms with van der Waals surface area (Å²) in [5.41, 5.74) is 1.42. The van der Waals surface area contributed by atoms with E-state index in [1.54, 1.807) is 0 Å². The first-order valence-electron chi connectivity index (χ1n) is 7.99. The van der Waals surface area contributed by atoms with Gasteiger partial charge in [0.05, 0.1) is 0 Å². The van der Waals surface area contributed by atoms with E-state index in [2.05, 4.69) is 40.5 Å². The highest BCUT2D eigenvalue weighted by Gasteiger charge is 2.18. The van der Waals surface area contributed by atoms with Crippen molar-refractivity contribution in [3.8, 4) is 0 Å². The van der Waals surface area contributed by atoms with Gasteiger partial charge in [-0.2, -0.15) is 0 Å². The SMILES string of the molecule is OCCCCCNC1CCN(Cc2ccccc2)CC1. The van der Waals surface area contributed by atoms with Gasteiger partial charge in [0.2, 0.25) is 0 Å². The molecule has 1 aliphatic heterocycles. The molecule has 2 N–H and O–H groups in total. The Hall–Kier alpha value is -0.900. The second kappa shape index (κ2) is 9.11. The summed E-state index contributed by atoms with van der Waals surface area (Å²) in [5, 5.41) is 12.4. The zero-order valence-electron chi connectivity index (χ0n) is 12.4. The first-order chi connectivity index (χ1) is 9.88. The number of nitrogens with zero attached hydrogens (tertiary/aromatic N) is 1. The third-order valence-corrected chi connectivity index (χ3v) is 4.10. The first kappa shape index (κ1) is 15.5. The van der Waals surface area contributed by atoms with Gasteiger partial charge in [0, 0.05) is 19.2 Å². The minimum Gasteiger partial charge on any atom is -0.396 e. The molecule has 2 rings (SSSR count). The molecule has 0 saturated carbocycles. The third-order valence-electron chi connectivity index (χ3n) is 4.10. The maximum Gasteiger partial charge on any atom is 0.0431 e. The third kappa shape index (κ3) is 5.61. The largest absolute Gasteiger partial charge is 0.396 e. The minimum absolute atomic E-state index is 0.331. The smallest absolute Gasteiger partial charge is 0.0431 e. The van der Waals surface area contributed by atoms with Crippen LogP contribution < -0.4 is 5.32 Å². The summed E-state index contributed by atoms with van der Waals surface area (Å²) in [4.78, 5) is 2.55. The molecule has 3 nitrogen and oxygen atoms in total. The Balaban J connectivity index is 1.58. The number of hydrogen-bond acceptors (Lipinski definition) is 3. The quantitative estimate of drug-likeness (QED) is 0.716. The van der Waals surface area contributed by atoms with Crippen molar-refractivity contribution in [2.75, 3.05) is 26.2 Å². The zero-order valence-corrected chi connectivity index (χ0v) is 12.4. The molecule has 20 heavy (non-hydrogen) atoms. The van der Waals surface area contributed by atoms with Gasteiger partial charge in [-0.15, -0.1) is 0 Å². The van der Waals surface area contributed by atoms with Crippen LogP contribution in [-0.4, -0.2) is 42.3 Å². The molecule has 1 fully saturated rings. The summed E-state index contributed by atoms with van der Waals surface area (Å²) in [6, 6.07) is 11.4. The highest BCUT2D eigenvalue weighted by atomic mass is 16.2. The van der Waals surface area contributed by atoms with Gasteiger partial charge in [-0.05, 0) is 57.3 Å². The predicted octanol–water partition coefficient (Wildman–Crippen LogP) is 2.40. The van der Waals surface area contributed by atoms with E-state index in [1.165, 1.54) is 37.9 Å². The fourth-order valence-corrected chi connectivity index (χ4v) is 2.86. The Morgan fingerprint density at radius 2 is 1.80 bits per heavy atom. The number of piperidine rings is 1. The Morgan fingerprint density at radius 1 is 1.05 bits per heavy atom. The molecule has 0 amide bonds. The van der Waals surface area contributed by atoms with Crippen molar-refractivity contribution in [3.63, 3.8) is 0 Å². The topological polar surface area (TPSA) is 35.5 Å². The fraction of sp³-hybridized carbons (Fsp3) is 0.647. The predicted molar refractivity (Wildman–Crippen MR) is 83.7 cm³/mol. The van der Waals surface area contributed by atoms with Crippen LogP contribution in [0.2, 0.25) is 0 Å². The standard InChI is InChI=1S/C17H28N2O/c20-14-6-2-5-11-18-17-9-12-19(13-10-17)15-16-7-3-1-4-8-16/h1,3-4,7-8,17-18,20H,2,5-6,9-15H2. The number of benzene rings is 1. The lowest BCUT2D eigenvalue weighted by Crippen LogP contribution is -2.42. The Morgan fingerprint density at radius 3 is 2.50 bits per heavy atom. The van der Waals surface area contributed by atoms with Gasteiger partial charge in [-0.1, -0.05) is 30.3 Å². The van der Waals surface area contributed by atoms with E-state index in [0.29, 0.717) is 12.6 Å². The summed E-state index contributed by atoms with van der Waals surface area (Å²) in [6.07, 6.45) is 5.78. The van der Waals surface area contributed by atoms with Crippen LogP contribution in [0.15, 0.2) is 30.3 Å². The highest BCUT2D eigenvalue weighted by Crippen LogP contribution is 2.13. The Kier molecular flexibility index (Phi) is 7.06. The van der Waals surface area contributed by atoms with Gasteiger partial charge >= 0.3 is 0 Å². The molecular formula is C17H28N2O. The van der Waals surface area contributed by atoms with E-state index in [-0.39, 0.29) is 0 Å². The second-order valence-corrected chi connectivity index (χ2v) is 5.77. The lowest BCUT2D eigenvalue weighted by atomic mass is 10.0. The molecule has 1 heterocycles. The summed E-state index contributed by atoms with van der Waals surface area (Å²) in [5.74, 6) is 0. The van der Waals surface area contributed by atoms with Crippen LogP contribution in [-0.2, 0) is 6.54 Å². The van der Waals surface area contributed by atoms with E-state index < -0.39 is 0 Å². The second-order valence-electron chi connectivity index (χ2n) is 5.77. The monoisotopic (exact) mass is 276 g/mol. The van der Waals surface area contributed by atoms with Crippen molar-refractivity contribution < 1.29 is 5.11 Å². The summed E-state index contributed by atoms with van der Waals surface area (Å²) >= 11 is 0. The maximum atomic E-state index is 8.74. The van der Waals surface area contributed by atoms with Gasteiger partial charge in [-0.25, -0.2) is 0 Å². The number of unbranched alkanes of at least 4 members (excludes halogenated alkanes) is 2. The number of aliphatic hydroxyl groups is 1. The maximum absolute atomic E-state index is 8.74. The highest BCUT2D eigenvalue weighted by molar-refractivity contribution is 5.14. The molecule has 1 aromatic carbocycles. The van der Waals surface area contributed by atoms with E-state index in [1.807, 2.05) is 0 Å². The Bertz CT molecular complexity index is 347. The number of aliphatic hydroxyl groups excluding tert-OH is 1. The van der Waals surface area contributed by atoms with E-state index in [0.717, 1.165) is 25.9 Å². The van der Waals surface area contributed by atoms with Crippen molar-refractivity contribution in [1.82, 2.24) is 10.2 Å². The summed E-state index contributed by atoms with van der Waals surface area (Å²) in [7, 11) is 0. The molecular weight excluding hydrogens is 248 g/mol. The molecule has 0 aromatic heterocycles. The zero-order chi connectivity index (χ0) is 14.0. The van der Waals surface area contributed by atoms with Crippen LogP contribution in [0.5, 0.6) is 0 Å². The van der Waals surface area contributed by atoms with E-state index in [9.17, 15) is 0 Å². The van der Waals surface area contributed by atoms with Crippen molar-refractivity contribution in [2.45, 2.75) is 44.7 Å². The first-order valence-corrected chi connectivity index (χ1v) is 7.99. The van der Waals surface area contributed by atoms with Gasteiger partial charge in [-0.3, -0.25) is 4.90 Å². The molecule has 112 valence electrons. The molecule has 0 aliphatic carbocycles. The van der Waals surface area contributed by atoms with Crippen LogP contribution >= 0.6 is 0 Å².